The summed E-state index contributed by atoms with van der Waals surface area (Å²) >= 11 is 1.89. The van der Waals surface area contributed by atoms with Gasteiger partial charge in [0.2, 0.25) is 0 Å². The average molecular weight is 337 g/mol. The fraction of sp³-hybridized carbons (Fsp3) is 0.263. The standard InChI is InChI=1S/C19H19N3OS/c1-14-17-8-12-24-18(17)7-11-22(14)13-15-3-5-16(6-4-15)23-19-20-9-2-10-21-19/h2-6,8-10,12,14H,7,11,13H2,1H3/t14-/m0/s1. The van der Waals surface area contributed by atoms with E-state index >= 15 is 0 Å². The Kier molecular flexibility index (Phi) is 4.28. The van der Waals surface area contributed by atoms with Gasteiger partial charge in [-0.2, -0.15) is 0 Å². The molecule has 0 saturated heterocycles. The maximum Gasteiger partial charge on any atom is 0.321 e. The third-order valence-corrected chi connectivity index (χ3v) is 5.46. The fourth-order valence-corrected chi connectivity index (χ4v) is 4.08. The van der Waals surface area contributed by atoms with E-state index in [9.17, 15) is 0 Å². The minimum absolute atomic E-state index is 0.375. The molecule has 0 aliphatic carbocycles. The van der Waals surface area contributed by atoms with Crippen molar-refractivity contribution in [1.82, 2.24) is 14.9 Å². The van der Waals surface area contributed by atoms with Gasteiger partial charge >= 0.3 is 6.01 Å². The van der Waals surface area contributed by atoms with Crippen molar-refractivity contribution < 1.29 is 4.74 Å². The van der Waals surface area contributed by atoms with Crippen molar-refractivity contribution >= 4 is 11.3 Å². The maximum absolute atomic E-state index is 5.65. The first-order chi connectivity index (χ1) is 11.8. The Bertz CT molecular complexity index is 801. The van der Waals surface area contributed by atoms with Gasteiger partial charge in [0.05, 0.1) is 0 Å². The summed E-state index contributed by atoms with van der Waals surface area (Å²) in [5, 5.41) is 2.21. The van der Waals surface area contributed by atoms with Crippen molar-refractivity contribution in [3.63, 3.8) is 0 Å². The third kappa shape index (κ3) is 3.18. The molecule has 2 aromatic heterocycles. The van der Waals surface area contributed by atoms with Crippen LogP contribution >= 0.6 is 11.3 Å². The molecule has 0 bridgehead atoms. The molecule has 4 nitrogen and oxygen atoms in total. The highest BCUT2D eigenvalue weighted by Crippen LogP contribution is 2.33. The van der Waals surface area contributed by atoms with Crippen LogP contribution in [0.3, 0.4) is 0 Å². The lowest BCUT2D eigenvalue weighted by Gasteiger charge is -2.33. The number of aromatic nitrogens is 2. The Morgan fingerprint density at radius 2 is 1.96 bits per heavy atom. The Morgan fingerprint density at radius 1 is 1.17 bits per heavy atom. The molecule has 0 spiro atoms. The number of ether oxygens (including phenoxy) is 1. The lowest BCUT2D eigenvalue weighted by Crippen LogP contribution is -2.32. The minimum Gasteiger partial charge on any atom is -0.424 e. The average Bonchev–Trinajstić information content (AvgIpc) is 3.10. The van der Waals surface area contributed by atoms with E-state index in [1.54, 1.807) is 23.3 Å². The van der Waals surface area contributed by atoms with Gasteiger partial charge in [-0.05, 0) is 54.1 Å². The lowest BCUT2D eigenvalue weighted by molar-refractivity contribution is 0.191. The molecule has 3 heterocycles. The highest BCUT2D eigenvalue weighted by atomic mass is 32.1. The molecule has 0 unspecified atom stereocenters. The van der Waals surface area contributed by atoms with Crippen LogP contribution in [0.5, 0.6) is 11.8 Å². The molecule has 0 fully saturated rings. The molecule has 0 amide bonds. The van der Waals surface area contributed by atoms with Crippen LogP contribution in [0.2, 0.25) is 0 Å². The van der Waals surface area contributed by atoms with Crippen molar-refractivity contribution in [2.24, 2.45) is 0 Å². The summed E-state index contributed by atoms with van der Waals surface area (Å²) in [6.45, 7) is 4.37. The molecular formula is C19H19N3OS. The first kappa shape index (κ1) is 15.3. The Labute approximate surface area is 145 Å². The number of nitrogens with zero attached hydrogens (tertiary/aromatic N) is 3. The summed E-state index contributed by atoms with van der Waals surface area (Å²) in [6.07, 6.45) is 4.50. The van der Waals surface area contributed by atoms with Gasteiger partial charge < -0.3 is 4.74 Å². The van der Waals surface area contributed by atoms with Gasteiger partial charge in [0, 0.05) is 36.4 Å². The molecule has 4 rings (SSSR count). The van der Waals surface area contributed by atoms with Crippen molar-refractivity contribution in [3.8, 4) is 11.8 Å². The van der Waals surface area contributed by atoms with Crippen molar-refractivity contribution in [3.05, 3.63) is 70.2 Å². The lowest BCUT2D eigenvalue weighted by atomic mass is 10.0. The molecule has 5 heteroatoms. The summed E-state index contributed by atoms with van der Waals surface area (Å²) in [6, 6.07) is 13.1. The largest absolute Gasteiger partial charge is 0.424 e. The van der Waals surface area contributed by atoms with Crippen LogP contribution in [0.4, 0.5) is 0 Å². The maximum atomic E-state index is 5.65. The van der Waals surface area contributed by atoms with E-state index in [4.69, 9.17) is 4.74 Å². The van der Waals surface area contributed by atoms with E-state index in [1.165, 1.54) is 11.1 Å². The van der Waals surface area contributed by atoms with Gasteiger partial charge in [-0.3, -0.25) is 4.90 Å². The zero-order chi connectivity index (χ0) is 16.4. The quantitative estimate of drug-likeness (QED) is 0.705. The van der Waals surface area contributed by atoms with Crippen LogP contribution in [-0.4, -0.2) is 21.4 Å². The summed E-state index contributed by atoms with van der Waals surface area (Å²) in [4.78, 5) is 12.2. The predicted octanol–water partition coefficient (Wildman–Crippen LogP) is 4.45. The van der Waals surface area contributed by atoms with E-state index in [0.29, 0.717) is 12.1 Å². The second kappa shape index (κ2) is 6.71. The number of hydrogen-bond donors (Lipinski definition) is 0. The van der Waals surface area contributed by atoms with Crippen molar-refractivity contribution in [2.75, 3.05) is 6.54 Å². The van der Waals surface area contributed by atoms with Crippen LogP contribution in [-0.2, 0) is 13.0 Å². The second-order valence-electron chi connectivity index (χ2n) is 5.97. The molecule has 1 aliphatic rings. The monoisotopic (exact) mass is 337 g/mol. The highest BCUT2D eigenvalue weighted by molar-refractivity contribution is 7.10. The topological polar surface area (TPSA) is 38.2 Å². The molecule has 3 aromatic rings. The van der Waals surface area contributed by atoms with Gasteiger partial charge in [0.25, 0.3) is 0 Å². The Morgan fingerprint density at radius 3 is 2.75 bits per heavy atom. The molecule has 0 saturated carbocycles. The van der Waals surface area contributed by atoms with Crippen LogP contribution < -0.4 is 4.74 Å². The van der Waals surface area contributed by atoms with Gasteiger partial charge in [0.15, 0.2) is 0 Å². The Hall–Kier alpha value is -2.24. The van der Waals surface area contributed by atoms with E-state index in [0.717, 1.165) is 25.3 Å². The summed E-state index contributed by atoms with van der Waals surface area (Å²) in [5.74, 6) is 0.761. The first-order valence-electron chi connectivity index (χ1n) is 8.14. The summed E-state index contributed by atoms with van der Waals surface area (Å²) in [7, 11) is 0. The molecule has 1 atom stereocenters. The number of fused-ring (bicyclic) bond motifs is 1. The number of rotatable bonds is 4. The van der Waals surface area contributed by atoms with Crippen molar-refractivity contribution in [2.45, 2.75) is 25.9 Å². The van der Waals surface area contributed by atoms with Crippen LogP contribution in [0.15, 0.2) is 54.2 Å². The zero-order valence-corrected chi connectivity index (χ0v) is 14.4. The van der Waals surface area contributed by atoms with Gasteiger partial charge in [0.1, 0.15) is 5.75 Å². The SMILES string of the molecule is C[C@H]1c2ccsc2CCN1Cc1ccc(Oc2ncccn2)cc1. The fourth-order valence-electron chi connectivity index (χ4n) is 3.12. The predicted molar refractivity (Wildman–Crippen MR) is 95.4 cm³/mol. The molecule has 0 N–H and O–H groups in total. The van der Waals surface area contributed by atoms with Crippen LogP contribution in [0, 0.1) is 0 Å². The van der Waals surface area contributed by atoms with Crippen LogP contribution in [0.1, 0.15) is 29.0 Å². The Balaban J connectivity index is 1.43. The normalized spacial score (nSPS) is 17.5. The number of benzene rings is 1. The van der Waals surface area contributed by atoms with Crippen molar-refractivity contribution in [1.29, 1.82) is 0 Å². The summed E-state index contributed by atoms with van der Waals surface area (Å²) < 4.78 is 5.65. The van der Waals surface area contributed by atoms with E-state index in [-0.39, 0.29) is 0 Å². The first-order valence-corrected chi connectivity index (χ1v) is 9.02. The number of hydrogen-bond acceptors (Lipinski definition) is 5. The molecule has 1 aromatic carbocycles. The molecular weight excluding hydrogens is 318 g/mol. The minimum atomic E-state index is 0.375. The zero-order valence-electron chi connectivity index (χ0n) is 13.6. The molecule has 24 heavy (non-hydrogen) atoms. The van der Waals surface area contributed by atoms with Gasteiger partial charge in [-0.15, -0.1) is 11.3 Å². The molecule has 0 radical (unpaired) electrons. The van der Waals surface area contributed by atoms with E-state index in [2.05, 4.69) is 45.4 Å². The van der Waals surface area contributed by atoms with Gasteiger partial charge in [-0.25, -0.2) is 9.97 Å². The van der Waals surface area contributed by atoms with E-state index in [1.807, 2.05) is 23.5 Å². The summed E-state index contributed by atoms with van der Waals surface area (Å²) in [5.41, 5.74) is 2.79. The smallest absolute Gasteiger partial charge is 0.321 e. The molecule has 122 valence electrons. The van der Waals surface area contributed by atoms with Gasteiger partial charge in [-0.1, -0.05) is 12.1 Å². The number of thiophene rings is 1. The highest BCUT2D eigenvalue weighted by Gasteiger charge is 2.24. The second-order valence-corrected chi connectivity index (χ2v) is 6.97. The third-order valence-electron chi connectivity index (χ3n) is 4.46. The van der Waals surface area contributed by atoms with Crippen LogP contribution in [0.25, 0.3) is 0 Å². The van der Waals surface area contributed by atoms with E-state index < -0.39 is 0 Å². The molecule has 1 aliphatic heterocycles.